The zero-order valence-electron chi connectivity index (χ0n) is 18.3. The first-order valence-electron chi connectivity index (χ1n) is 9.73. The molecular formula is C20H21F6N5O3. The minimum atomic E-state index is -4.95. The van der Waals surface area contributed by atoms with Crippen LogP contribution in [-0.4, -0.2) is 40.1 Å². The highest BCUT2D eigenvalue weighted by Gasteiger charge is 2.36. The zero-order valence-corrected chi connectivity index (χ0v) is 18.3. The highest BCUT2D eigenvalue weighted by molar-refractivity contribution is 5.65. The summed E-state index contributed by atoms with van der Waals surface area (Å²) in [5.74, 6) is -0.313. The Labute approximate surface area is 190 Å². The van der Waals surface area contributed by atoms with Crippen molar-refractivity contribution in [1.82, 2.24) is 15.5 Å². The molecule has 1 atom stereocenters. The van der Waals surface area contributed by atoms with Crippen LogP contribution in [0.25, 0.3) is 0 Å². The maximum absolute atomic E-state index is 13.3. The number of anilines is 1. The fourth-order valence-corrected chi connectivity index (χ4v) is 3.02. The average Bonchev–Trinajstić information content (AvgIpc) is 3.10. The second-order valence-electron chi connectivity index (χ2n) is 8.49. The fourth-order valence-electron chi connectivity index (χ4n) is 3.02. The van der Waals surface area contributed by atoms with Crippen molar-refractivity contribution in [3.63, 3.8) is 0 Å². The van der Waals surface area contributed by atoms with Gasteiger partial charge in [0.1, 0.15) is 6.54 Å². The Morgan fingerprint density at radius 1 is 1.24 bits per heavy atom. The molecule has 1 heterocycles. The van der Waals surface area contributed by atoms with Gasteiger partial charge in [-0.1, -0.05) is 25.9 Å². The maximum atomic E-state index is 13.3. The number of aromatic nitrogens is 2. The molecular weight excluding hydrogens is 472 g/mol. The van der Waals surface area contributed by atoms with Crippen molar-refractivity contribution < 1.29 is 40.8 Å². The zero-order chi connectivity index (χ0) is 25.9. The first kappa shape index (κ1) is 26.7. The second-order valence-corrected chi connectivity index (χ2v) is 8.49. The number of rotatable bonds is 7. The van der Waals surface area contributed by atoms with Crippen LogP contribution in [0.2, 0.25) is 0 Å². The Kier molecular flexibility index (Phi) is 7.69. The van der Waals surface area contributed by atoms with Crippen LogP contribution in [0.3, 0.4) is 0 Å². The van der Waals surface area contributed by atoms with E-state index in [0.29, 0.717) is 11.0 Å². The number of amides is 1. The summed E-state index contributed by atoms with van der Waals surface area (Å²) in [6.07, 6.45) is -11.1. The molecule has 1 unspecified atom stereocenters. The molecule has 0 saturated heterocycles. The van der Waals surface area contributed by atoms with E-state index in [9.17, 15) is 31.1 Å². The van der Waals surface area contributed by atoms with Gasteiger partial charge in [0.05, 0.1) is 23.7 Å². The Bertz CT molecular complexity index is 1050. The number of carboxylic acid groups (broad SMARTS) is 1. The largest absolute Gasteiger partial charge is 0.465 e. The summed E-state index contributed by atoms with van der Waals surface area (Å²) in [6.45, 7) is 2.97. The Morgan fingerprint density at radius 2 is 1.88 bits per heavy atom. The second kappa shape index (κ2) is 9.78. The Hall–Kier alpha value is -3.50. The van der Waals surface area contributed by atoms with Crippen LogP contribution in [0.5, 0.6) is 0 Å². The molecule has 2 N–H and O–H groups in total. The van der Waals surface area contributed by atoms with Gasteiger partial charge in [0.15, 0.2) is 5.82 Å². The number of hydrogen-bond donors (Lipinski definition) is 2. The highest BCUT2D eigenvalue weighted by Crippen LogP contribution is 2.35. The summed E-state index contributed by atoms with van der Waals surface area (Å²) >= 11 is 0. The molecule has 0 saturated carbocycles. The van der Waals surface area contributed by atoms with Crippen LogP contribution in [0.4, 0.5) is 36.8 Å². The summed E-state index contributed by atoms with van der Waals surface area (Å²) in [5.41, 5.74) is -3.12. The summed E-state index contributed by atoms with van der Waals surface area (Å²) < 4.78 is 84.3. The van der Waals surface area contributed by atoms with E-state index < -0.39 is 59.8 Å². The molecule has 1 aromatic heterocycles. The van der Waals surface area contributed by atoms with Crippen molar-refractivity contribution >= 4 is 11.8 Å². The lowest BCUT2D eigenvalue weighted by Gasteiger charge is -2.29. The van der Waals surface area contributed by atoms with Crippen LogP contribution in [0.1, 0.15) is 43.6 Å². The van der Waals surface area contributed by atoms with Gasteiger partial charge in [0.25, 0.3) is 0 Å². The third kappa shape index (κ3) is 7.53. The van der Waals surface area contributed by atoms with Gasteiger partial charge in [-0.2, -0.15) is 36.6 Å². The predicted molar refractivity (Wildman–Crippen MR) is 106 cm³/mol. The van der Waals surface area contributed by atoms with E-state index >= 15 is 0 Å². The van der Waals surface area contributed by atoms with E-state index in [2.05, 4.69) is 15.5 Å². The molecule has 0 aliphatic carbocycles. The van der Waals surface area contributed by atoms with Crippen molar-refractivity contribution in [3.05, 3.63) is 41.0 Å². The minimum absolute atomic E-state index is 0.0584. The van der Waals surface area contributed by atoms with Crippen LogP contribution >= 0.6 is 0 Å². The molecule has 34 heavy (non-hydrogen) atoms. The lowest BCUT2D eigenvalue weighted by Crippen LogP contribution is -2.44. The molecule has 186 valence electrons. The molecule has 1 aromatic carbocycles. The fraction of sp³-hybridized carbons (Fsp3) is 0.500. The highest BCUT2D eigenvalue weighted by atomic mass is 19.4. The lowest BCUT2D eigenvalue weighted by molar-refractivity contribution is -0.137. The average molecular weight is 493 g/mol. The van der Waals surface area contributed by atoms with Gasteiger partial charge in [0, 0.05) is 18.2 Å². The van der Waals surface area contributed by atoms with Crippen LogP contribution < -0.4 is 10.2 Å². The number of nitriles is 1. The van der Waals surface area contributed by atoms with Crippen LogP contribution in [0.15, 0.2) is 22.7 Å². The first-order chi connectivity index (χ1) is 15.5. The van der Waals surface area contributed by atoms with Crippen molar-refractivity contribution in [1.29, 1.82) is 5.26 Å². The molecule has 14 heteroatoms. The van der Waals surface area contributed by atoms with Crippen molar-refractivity contribution in [2.75, 3.05) is 11.4 Å². The Balaban J connectivity index is 2.35. The summed E-state index contributed by atoms with van der Waals surface area (Å²) in [4.78, 5) is 15.6. The first-order valence-corrected chi connectivity index (χ1v) is 9.73. The monoisotopic (exact) mass is 493 g/mol. The molecule has 2 rings (SSSR count). The number of carbonyl (C=O) groups is 1. The van der Waals surface area contributed by atoms with Crippen molar-refractivity contribution in [2.24, 2.45) is 5.41 Å². The molecule has 0 fully saturated rings. The molecule has 0 aliphatic rings. The summed E-state index contributed by atoms with van der Waals surface area (Å²) in [7, 11) is 0. The molecule has 0 bridgehead atoms. The number of alkyl halides is 6. The Morgan fingerprint density at radius 3 is 2.38 bits per heavy atom. The van der Waals surface area contributed by atoms with Gasteiger partial charge >= 0.3 is 18.4 Å². The quantitative estimate of drug-likeness (QED) is 0.535. The predicted octanol–water partition coefficient (Wildman–Crippen LogP) is 4.75. The van der Waals surface area contributed by atoms with E-state index in [1.807, 2.05) is 0 Å². The number of hydrogen-bond acceptors (Lipinski definition) is 6. The van der Waals surface area contributed by atoms with E-state index in [0.717, 1.165) is 12.1 Å². The number of benzene rings is 1. The molecule has 0 aliphatic heterocycles. The summed E-state index contributed by atoms with van der Waals surface area (Å²) in [6, 6.07) is 2.90. The van der Waals surface area contributed by atoms with Gasteiger partial charge < -0.3 is 19.8 Å². The lowest BCUT2D eigenvalue weighted by atomic mass is 9.85. The SMILES string of the molecule is CC(C)(C)C(Cc1nc(CN(CC(F)(F)F)c2ccc(C#N)c(C(F)(F)F)c2)no1)NC(=O)O. The van der Waals surface area contributed by atoms with Crippen LogP contribution in [0, 0.1) is 16.7 Å². The molecule has 0 spiro atoms. The van der Waals surface area contributed by atoms with Crippen LogP contribution in [-0.2, 0) is 19.1 Å². The smallest absolute Gasteiger partial charge is 0.417 e. The van der Waals surface area contributed by atoms with Gasteiger partial charge in [-0.05, 0) is 23.6 Å². The molecule has 0 radical (unpaired) electrons. The van der Waals surface area contributed by atoms with Gasteiger partial charge in [-0.3, -0.25) is 0 Å². The van der Waals surface area contributed by atoms with Crippen molar-refractivity contribution in [2.45, 2.75) is 52.1 Å². The van der Waals surface area contributed by atoms with E-state index in [1.54, 1.807) is 20.8 Å². The molecule has 8 nitrogen and oxygen atoms in total. The van der Waals surface area contributed by atoms with Gasteiger partial charge in [-0.25, -0.2) is 4.79 Å². The van der Waals surface area contributed by atoms with Gasteiger partial charge in [-0.15, -0.1) is 0 Å². The topological polar surface area (TPSA) is 115 Å². The molecule has 2 aromatic rings. The normalized spacial score (nSPS) is 13.3. The standard InChI is InChI=1S/C20H21F6N5O3/c1-18(2,3)14(28-17(32)33)7-16-29-15(30-34-16)9-31(10-19(21,22)23)12-5-4-11(8-27)13(6-12)20(24,25)26/h4-6,14,28H,7,9-10H2,1-3H3,(H,32,33). The minimum Gasteiger partial charge on any atom is -0.465 e. The third-order valence-electron chi connectivity index (χ3n) is 4.73. The number of nitrogens with one attached hydrogen (secondary N) is 1. The number of halogens is 6. The summed E-state index contributed by atoms with van der Waals surface area (Å²) in [5, 5.41) is 23.8. The molecule has 1 amide bonds. The van der Waals surface area contributed by atoms with E-state index in [1.165, 1.54) is 6.07 Å². The van der Waals surface area contributed by atoms with E-state index in [-0.39, 0.29) is 18.1 Å². The van der Waals surface area contributed by atoms with Crippen molar-refractivity contribution in [3.8, 4) is 6.07 Å². The van der Waals surface area contributed by atoms with E-state index in [4.69, 9.17) is 14.9 Å². The number of nitrogens with zero attached hydrogens (tertiary/aromatic N) is 4. The maximum Gasteiger partial charge on any atom is 0.417 e. The third-order valence-corrected chi connectivity index (χ3v) is 4.73. The van der Waals surface area contributed by atoms with Gasteiger partial charge in [0.2, 0.25) is 5.89 Å².